The number of nitrogens with zero attached hydrogens (tertiary/aromatic N) is 1. The van der Waals surface area contributed by atoms with Crippen LogP contribution in [0.2, 0.25) is 0 Å². The number of benzene rings is 1. The first-order valence-electron chi connectivity index (χ1n) is 5.07. The summed E-state index contributed by atoms with van der Waals surface area (Å²) in [5.41, 5.74) is 7.02. The third-order valence-electron chi connectivity index (χ3n) is 2.09. The summed E-state index contributed by atoms with van der Waals surface area (Å²) in [7, 11) is 0. The third-order valence-corrected chi connectivity index (χ3v) is 2.09. The average Bonchev–Trinajstić information content (AvgIpc) is 2.18. The maximum Gasteiger partial charge on any atom is 0.126 e. The van der Waals surface area contributed by atoms with Gasteiger partial charge < -0.3 is 5.73 Å². The molecule has 0 bridgehead atoms. The molecule has 1 rings (SSSR count). The summed E-state index contributed by atoms with van der Waals surface area (Å²) in [6.45, 7) is 6.51. The lowest BCUT2D eigenvalue weighted by atomic mass is 10.1. The predicted molar refractivity (Wildman–Crippen MR) is 61.6 cm³/mol. The number of halogens is 1. The van der Waals surface area contributed by atoms with Gasteiger partial charge in [0.25, 0.3) is 0 Å². The lowest BCUT2D eigenvalue weighted by Gasteiger charge is -2.04. The van der Waals surface area contributed by atoms with E-state index in [0.29, 0.717) is 29.4 Å². The van der Waals surface area contributed by atoms with Gasteiger partial charge in [0.2, 0.25) is 0 Å². The molecule has 0 aromatic heterocycles. The van der Waals surface area contributed by atoms with E-state index in [1.54, 1.807) is 19.1 Å². The van der Waals surface area contributed by atoms with E-state index >= 15 is 0 Å². The second-order valence-corrected chi connectivity index (χ2v) is 4.08. The van der Waals surface area contributed by atoms with Crippen LogP contribution in [-0.2, 0) is 0 Å². The van der Waals surface area contributed by atoms with Crippen molar-refractivity contribution in [2.45, 2.75) is 20.8 Å². The first-order chi connectivity index (χ1) is 7.00. The van der Waals surface area contributed by atoms with Gasteiger partial charge in [0, 0.05) is 12.1 Å². The molecule has 82 valence electrons. The van der Waals surface area contributed by atoms with E-state index in [1.807, 2.05) is 0 Å². The Kier molecular flexibility index (Phi) is 3.83. The Morgan fingerprint density at radius 1 is 1.47 bits per heavy atom. The van der Waals surface area contributed by atoms with Gasteiger partial charge in [0.15, 0.2) is 0 Å². The Morgan fingerprint density at radius 3 is 2.67 bits per heavy atom. The SMILES string of the molecule is Cc1ccc(C(N)=NCC(C)C)cc1F. The molecule has 0 heterocycles. The van der Waals surface area contributed by atoms with E-state index in [4.69, 9.17) is 5.73 Å². The molecular weight excluding hydrogens is 191 g/mol. The summed E-state index contributed by atoms with van der Waals surface area (Å²) < 4.78 is 13.2. The molecule has 0 aliphatic heterocycles. The van der Waals surface area contributed by atoms with E-state index in [9.17, 15) is 4.39 Å². The lowest BCUT2D eigenvalue weighted by molar-refractivity contribution is 0.618. The summed E-state index contributed by atoms with van der Waals surface area (Å²) in [4.78, 5) is 4.19. The minimum absolute atomic E-state index is 0.241. The molecule has 2 nitrogen and oxygen atoms in total. The number of aryl methyl sites for hydroxylation is 1. The lowest BCUT2D eigenvalue weighted by Crippen LogP contribution is -2.15. The van der Waals surface area contributed by atoms with E-state index in [1.165, 1.54) is 6.07 Å². The highest BCUT2D eigenvalue weighted by Crippen LogP contribution is 2.09. The number of nitrogens with two attached hydrogens (primary N) is 1. The molecule has 0 aliphatic rings. The summed E-state index contributed by atoms with van der Waals surface area (Å²) in [6.07, 6.45) is 0. The van der Waals surface area contributed by atoms with Gasteiger partial charge in [-0.3, -0.25) is 4.99 Å². The van der Waals surface area contributed by atoms with Crippen molar-refractivity contribution in [3.8, 4) is 0 Å². The van der Waals surface area contributed by atoms with Crippen LogP contribution >= 0.6 is 0 Å². The van der Waals surface area contributed by atoms with E-state index in [2.05, 4.69) is 18.8 Å². The molecule has 0 fully saturated rings. The quantitative estimate of drug-likeness (QED) is 0.601. The van der Waals surface area contributed by atoms with Crippen molar-refractivity contribution < 1.29 is 4.39 Å². The van der Waals surface area contributed by atoms with Crippen LogP contribution in [0.25, 0.3) is 0 Å². The zero-order chi connectivity index (χ0) is 11.4. The second kappa shape index (κ2) is 4.91. The number of hydrogen-bond donors (Lipinski definition) is 1. The van der Waals surface area contributed by atoms with Crippen molar-refractivity contribution in [1.29, 1.82) is 0 Å². The van der Waals surface area contributed by atoms with Crippen molar-refractivity contribution in [2.75, 3.05) is 6.54 Å². The molecule has 3 heteroatoms. The maximum absolute atomic E-state index is 13.2. The molecular formula is C12H17FN2. The fraction of sp³-hybridized carbons (Fsp3) is 0.417. The van der Waals surface area contributed by atoms with Crippen molar-refractivity contribution >= 4 is 5.84 Å². The van der Waals surface area contributed by atoms with Crippen molar-refractivity contribution in [1.82, 2.24) is 0 Å². The van der Waals surface area contributed by atoms with E-state index in [0.717, 1.165) is 0 Å². The maximum atomic E-state index is 13.2. The molecule has 0 radical (unpaired) electrons. The molecule has 0 atom stereocenters. The van der Waals surface area contributed by atoms with Gasteiger partial charge in [-0.25, -0.2) is 4.39 Å². The highest BCUT2D eigenvalue weighted by Gasteiger charge is 2.02. The van der Waals surface area contributed by atoms with Crippen LogP contribution < -0.4 is 5.73 Å². The Balaban J connectivity index is 2.87. The molecule has 0 saturated carbocycles. The highest BCUT2D eigenvalue weighted by atomic mass is 19.1. The molecule has 0 aliphatic carbocycles. The zero-order valence-corrected chi connectivity index (χ0v) is 9.42. The van der Waals surface area contributed by atoms with Crippen LogP contribution in [-0.4, -0.2) is 12.4 Å². The number of hydrogen-bond acceptors (Lipinski definition) is 1. The molecule has 15 heavy (non-hydrogen) atoms. The third kappa shape index (κ3) is 3.35. The minimum atomic E-state index is -0.241. The summed E-state index contributed by atoms with van der Waals surface area (Å²) >= 11 is 0. The largest absolute Gasteiger partial charge is 0.384 e. The zero-order valence-electron chi connectivity index (χ0n) is 9.42. The molecule has 0 unspecified atom stereocenters. The smallest absolute Gasteiger partial charge is 0.126 e. The topological polar surface area (TPSA) is 38.4 Å². The fourth-order valence-corrected chi connectivity index (χ4v) is 1.12. The average molecular weight is 208 g/mol. The van der Waals surface area contributed by atoms with Gasteiger partial charge in [-0.2, -0.15) is 0 Å². The second-order valence-electron chi connectivity index (χ2n) is 4.08. The van der Waals surface area contributed by atoms with Crippen LogP contribution in [0.4, 0.5) is 4.39 Å². The number of amidine groups is 1. The molecule has 0 saturated heterocycles. The van der Waals surface area contributed by atoms with Crippen LogP contribution in [0.3, 0.4) is 0 Å². The Bertz CT molecular complexity index is 370. The Morgan fingerprint density at radius 2 is 2.13 bits per heavy atom. The minimum Gasteiger partial charge on any atom is -0.384 e. The number of rotatable bonds is 3. The summed E-state index contributed by atoms with van der Waals surface area (Å²) in [5, 5.41) is 0. The molecule has 1 aromatic rings. The Hall–Kier alpha value is -1.38. The summed E-state index contributed by atoms with van der Waals surface area (Å²) in [6, 6.07) is 4.93. The standard InChI is InChI=1S/C12H17FN2/c1-8(2)7-15-12(14)10-5-4-9(3)11(13)6-10/h4-6,8H,7H2,1-3H3,(H2,14,15). The molecule has 2 N–H and O–H groups in total. The monoisotopic (exact) mass is 208 g/mol. The van der Waals surface area contributed by atoms with Crippen molar-refractivity contribution in [3.63, 3.8) is 0 Å². The molecule has 0 amide bonds. The van der Waals surface area contributed by atoms with E-state index < -0.39 is 0 Å². The van der Waals surface area contributed by atoms with Crippen molar-refractivity contribution in [3.05, 3.63) is 35.1 Å². The summed E-state index contributed by atoms with van der Waals surface area (Å²) in [5.74, 6) is 0.622. The predicted octanol–water partition coefficient (Wildman–Crippen LogP) is 2.50. The van der Waals surface area contributed by atoms with Crippen LogP contribution in [0.15, 0.2) is 23.2 Å². The van der Waals surface area contributed by atoms with Gasteiger partial charge in [-0.15, -0.1) is 0 Å². The van der Waals surface area contributed by atoms with E-state index in [-0.39, 0.29) is 5.82 Å². The first-order valence-corrected chi connectivity index (χ1v) is 5.07. The van der Waals surface area contributed by atoms with Gasteiger partial charge in [-0.05, 0) is 24.5 Å². The van der Waals surface area contributed by atoms with Gasteiger partial charge in [0.1, 0.15) is 11.7 Å². The van der Waals surface area contributed by atoms with Crippen LogP contribution in [0, 0.1) is 18.7 Å². The van der Waals surface area contributed by atoms with Gasteiger partial charge >= 0.3 is 0 Å². The Labute approximate surface area is 90.0 Å². The first kappa shape index (κ1) is 11.7. The number of aliphatic imine (C=N–C) groups is 1. The van der Waals surface area contributed by atoms with Gasteiger partial charge in [0.05, 0.1) is 0 Å². The molecule has 1 aromatic carbocycles. The fourth-order valence-electron chi connectivity index (χ4n) is 1.12. The van der Waals surface area contributed by atoms with Gasteiger partial charge in [-0.1, -0.05) is 26.0 Å². The molecule has 0 spiro atoms. The highest BCUT2D eigenvalue weighted by molar-refractivity contribution is 5.97. The van der Waals surface area contributed by atoms with Crippen LogP contribution in [0.1, 0.15) is 25.0 Å². The van der Waals surface area contributed by atoms with Crippen molar-refractivity contribution in [2.24, 2.45) is 16.6 Å². The normalized spacial score (nSPS) is 12.2. The van der Waals surface area contributed by atoms with Crippen LogP contribution in [0.5, 0.6) is 0 Å².